The number of hydrogen-bond donors (Lipinski definition) is 1. The quantitative estimate of drug-likeness (QED) is 0.475. The second kappa shape index (κ2) is 11.4. The number of likely N-dealkylation sites (N-methyl/N-ethyl adjacent to an activating group) is 1. The summed E-state index contributed by atoms with van der Waals surface area (Å²) >= 11 is 0. The van der Waals surface area contributed by atoms with Crippen molar-refractivity contribution in [3.63, 3.8) is 0 Å². The molecule has 0 saturated heterocycles. The van der Waals surface area contributed by atoms with Crippen molar-refractivity contribution in [2.24, 2.45) is 0 Å². The van der Waals surface area contributed by atoms with Crippen molar-refractivity contribution in [3.8, 4) is 0 Å². The largest absolute Gasteiger partial charge is 0.357 e. The smallest absolute Gasteiger partial charge is 0.264 e. The lowest BCUT2D eigenvalue weighted by Crippen LogP contribution is -2.50. The molecule has 0 fully saturated rings. The van der Waals surface area contributed by atoms with Crippen LogP contribution in [0.4, 0.5) is 5.69 Å². The maximum Gasteiger partial charge on any atom is 0.264 e. The fourth-order valence-corrected chi connectivity index (χ4v) is 5.17. The first kappa shape index (κ1) is 26.9. The van der Waals surface area contributed by atoms with Gasteiger partial charge in [-0.15, -0.1) is 0 Å². The Morgan fingerprint density at radius 1 is 0.806 bits per heavy atom. The minimum atomic E-state index is -4.06. The third-order valence-corrected chi connectivity index (χ3v) is 7.89. The molecule has 190 valence electrons. The highest BCUT2D eigenvalue weighted by molar-refractivity contribution is 7.92. The first-order valence-electron chi connectivity index (χ1n) is 11.8. The molecule has 1 N–H and O–H groups in total. The summed E-state index contributed by atoms with van der Waals surface area (Å²) in [5.74, 6) is -0.818. The summed E-state index contributed by atoms with van der Waals surface area (Å²) in [6.07, 6.45) is 0. The van der Waals surface area contributed by atoms with Crippen LogP contribution >= 0.6 is 0 Å². The van der Waals surface area contributed by atoms with Gasteiger partial charge in [-0.2, -0.15) is 0 Å². The molecule has 0 spiro atoms. The van der Waals surface area contributed by atoms with E-state index in [-0.39, 0.29) is 17.3 Å². The Labute approximate surface area is 213 Å². The Morgan fingerprint density at radius 3 is 1.78 bits per heavy atom. The van der Waals surface area contributed by atoms with Crippen LogP contribution in [0.1, 0.15) is 29.2 Å². The predicted octanol–water partition coefficient (Wildman–Crippen LogP) is 3.97. The highest BCUT2D eigenvalue weighted by Crippen LogP contribution is 2.25. The Kier molecular flexibility index (Phi) is 8.53. The van der Waals surface area contributed by atoms with Crippen molar-refractivity contribution in [3.05, 3.63) is 95.1 Å². The Hall–Kier alpha value is -3.65. The summed E-state index contributed by atoms with van der Waals surface area (Å²) in [6, 6.07) is 20.3. The number of aryl methyl sites for hydroxylation is 3. The van der Waals surface area contributed by atoms with E-state index in [1.165, 1.54) is 24.1 Å². The molecule has 3 aromatic carbocycles. The number of nitrogens with one attached hydrogen (secondary N) is 1. The van der Waals surface area contributed by atoms with Crippen molar-refractivity contribution >= 4 is 27.5 Å². The first-order chi connectivity index (χ1) is 17.0. The maximum atomic E-state index is 13.7. The highest BCUT2D eigenvalue weighted by atomic mass is 32.2. The van der Waals surface area contributed by atoms with Crippen LogP contribution in [0.2, 0.25) is 0 Å². The summed E-state index contributed by atoms with van der Waals surface area (Å²) < 4.78 is 28.5. The van der Waals surface area contributed by atoms with Crippen LogP contribution in [-0.2, 0) is 26.2 Å². The van der Waals surface area contributed by atoms with Crippen molar-refractivity contribution in [1.29, 1.82) is 0 Å². The van der Waals surface area contributed by atoms with Gasteiger partial charge in [0, 0.05) is 13.6 Å². The van der Waals surface area contributed by atoms with E-state index >= 15 is 0 Å². The molecule has 3 rings (SSSR count). The minimum absolute atomic E-state index is 0.0888. The molecular weight excluding hydrogens is 474 g/mol. The van der Waals surface area contributed by atoms with Gasteiger partial charge in [-0.25, -0.2) is 8.42 Å². The van der Waals surface area contributed by atoms with E-state index in [2.05, 4.69) is 5.32 Å². The van der Waals surface area contributed by atoms with Gasteiger partial charge in [-0.1, -0.05) is 65.2 Å². The summed E-state index contributed by atoms with van der Waals surface area (Å²) in [6.45, 7) is 7.10. The number of carbonyl (C=O) groups is 2. The standard InChI is InChI=1S/C28H33N3O4S/c1-20-6-12-24(13-7-20)18-30(23(4)28(33)29-5)27(32)19-31(25-14-8-21(2)9-15-25)36(34,35)26-16-10-22(3)11-17-26/h6-17,23H,18-19H2,1-5H3,(H,29,33)/t23-/m1/s1. The molecule has 0 bridgehead atoms. The summed E-state index contributed by atoms with van der Waals surface area (Å²) in [4.78, 5) is 27.7. The molecule has 0 aromatic heterocycles. The van der Waals surface area contributed by atoms with Crippen molar-refractivity contribution in [1.82, 2.24) is 10.2 Å². The molecule has 0 aliphatic rings. The lowest BCUT2D eigenvalue weighted by molar-refractivity contribution is -0.139. The molecule has 8 heteroatoms. The Morgan fingerprint density at radius 2 is 1.28 bits per heavy atom. The summed E-state index contributed by atoms with van der Waals surface area (Å²) in [5.41, 5.74) is 4.18. The van der Waals surface area contributed by atoms with E-state index in [4.69, 9.17) is 0 Å². The van der Waals surface area contributed by atoms with Gasteiger partial charge in [0.25, 0.3) is 10.0 Å². The molecule has 1 atom stereocenters. The van der Waals surface area contributed by atoms with Crippen LogP contribution < -0.4 is 9.62 Å². The average Bonchev–Trinajstić information content (AvgIpc) is 2.86. The first-order valence-corrected chi connectivity index (χ1v) is 13.2. The number of carbonyl (C=O) groups excluding carboxylic acids is 2. The number of rotatable bonds is 9. The number of anilines is 1. The molecule has 0 unspecified atom stereocenters. The van der Waals surface area contributed by atoms with Crippen molar-refractivity contribution in [2.45, 2.75) is 45.2 Å². The van der Waals surface area contributed by atoms with Crippen LogP contribution in [0, 0.1) is 20.8 Å². The van der Waals surface area contributed by atoms with Crippen molar-refractivity contribution in [2.75, 3.05) is 17.9 Å². The lowest BCUT2D eigenvalue weighted by Gasteiger charge is -2.31. The van der Waals surface area contributed by atoms with E-state index < -0.39 is 28.5 Å². The monoisotopic (exact) mass is 507 g/mol. The zero-order chi connectivity index (χ0) is 26.5. The molecule has 0 radical (unpaired) electrons. The number of sulfonamides is 1. The van der Waals surface area contributed by atoms with Crippen LogP contribution in [-0.4, -0.2) is 44.8 Å². The Bertz CT molecular complexity index is 1300. The summed E-state index contributed by atoms with van der Waals surface area (Å²) in [5, 5.41) is 2.58. The zero-order valence-electron chi connectivity index (χ0n) is 21.4. The average molecular weight is 508 g/mol. The van der Waals surface area contributed by atoms with Gasteiger partial charge in [-0.3, -0.25) is 13.9 Å². The van der Waals surface area contributed by atoms with Crippen LogP contribution in [0.25, 0.3) is 0 Å². The molecule has 0 aliphatic carbocycles. The molecule has 0 heterocycles. The van der Waals surface area contributed by atoms with E-state index in [0.29, 0.717) is 5.69 Å². The topological polar surface area (TPSA) is 86.8 Å². The second-order valence-corrected chi connectivity index (χ2v) is 10.8. The lowest BCUT2D eigenvalue weighted by atomic mass is 10.1. The molecule has 7 nitrogen and oxygen atoms in total. The van der Waals surface area contributed by atoms with Crippen molar-refractivity contribution < 1.29 is 18.0 Å². The molecule has 0 saturated carbocycles. The zero-order valence-corrected chi connectivity index (χ0v) is 22.2. The number of hydrogen-bond acceptors (Lipinski definition) is 4. The highest BCUT2D eigenvalue weighted by Gasteiger charge is 2.32. The van der Waals surface area contributed by atoms with Gasteiger partial charge in [0.2, 0.25) is 11.8 Å². The fraction of sp³-hybridized carbons (Fsp3) is 0.286. The van der Waals surface area contributed by atoms with Crippen LogP contribution in [0.3, 0.4) is 0 Å². The van der Waals surface area contributed by atoms with Gasteiger partial charge >= 0.3 is 0 Å². The van der Waals surface area contributed by atoms with Gasteiger partial charge < -0.3 is 10.2 Å². The molecular formula is C28H33N3O4S. The number of amides is 2. The van der Waals surface area contributed by atoms with Crippen LogP contribution in [0.15, 0.2) is 77.7 Å². The van der Waals surface area contributed by atoms with E-state index in [9.17, 15) is 18.0 Å². The van der Waals surface area contributed by atoms with Gasteiger partial charge in [0.15, 0.2) is 0 Å². The third kappa shape index (κ3) is 6.31. The molecule has 3 aromatic rings. The fourth-order valence-electron chi connectivity index (χ4n) is 3.76. The second-order valence-electron chi connectivity index (χ2n) is 8.96. The van der Waals surface area contributed by atoms with E-state index in [0.717, 1.165) is 26.6 Å². The Balaban J connectivity index is 2.01. The number of nitrogens with zero attached hydrogens (tertiary/aromatic N) is 2. The molecule has 0 aliphatic heterocycles. The minimum Gasteiger partial charge on any atom is -0.357 e. The van der Waals surface area contributed by atoms with E-state index in [1.807, 2.05) is 45.0 Å². The van der Waals surface area contributed by atoms with Gasteiger partial charge in [0.1, 0.15) is 12.6 Å². The maximum absolute atomic E-state index is 13.7. The van der Waals surface area contributed by atoms with E-state index in [1.54, 1.807) is 43.3 Å². The molecule has 36 heavy (non-hydrogen) atoms. The van der Waals surface area contributed by atoms with Gasteiger partial charge in [-0.05, 0) is 57.5 Å². The SMILES string of the molecule is CNC(=O)[C@@H](C)N(Cc1ccc(C)cc1)C(=O)CN(c1ccc(C)cc1)S(=O)(=O)c1ccc(C)cc1. The molecule has 2 amide bonds. The normalized spacial score (nSPS) is 12.0. The van der Waals surface area contributed by atoms with Gasteiger partial charge in [0.05, 0.1) is 10.6 Å². The van der Waals surface area contributed by atoms with Crippen LogP contribution in [0.5, 0.6) is 0 Å². The number of benzene rings is 3. The predicted molar refractivity (Wildman–Crippen MR) is 142 cm³/mol. The summed E-state index contributed by atoms with van der Waals surface area (Å²) in [7, 11) is -2.55. The third-order valence-electron chi connectivity index (χ3n) is 6.10.